The summed E-state index contributed by atoms with van der Waals surface area (Å²) in [7, 11) is 0. The van der Waals surface area contributed by atoms with E-state index in [1.807, 2.05) is 74.5 Å². The van der Waals surface area contributed by atoms with Gasteiger partial charge in [0.25, 0.3) is 5.91 Å². The van der Waals surface area contributed by atoms with Crippen molar-refractivity contribution in [3.63, 3.8) is 0 Å². The first-order valence-electron chi connectivity index (χ1n) is 12.1. The van der Waals surface area contributed by atoms with Crippen LogP contribution in [0.4, 0.5) is 15.8 Å². The number of benzene rings is 4. The minimum Gasteiger partial charge on any atom is -0.487 e. The molecule has 4 aromatic rings. The fourth-order valence-electron chi connectivity index (χ4n) is 3.95. The normalized spacial score (nSPS) is 15.4. The molecule has 1 saturated heterocycles. The molecule has 0 saturated carbocycles. The Bertz CT molecular complexity index is 1600. The topological polar surface area (TPSA) is 41.9 Å². The van der Waals surface area contributed by atoms with Crippen molar-refractivity contribution < 1.29 is 13.9 Å². The van der Waals surface area contributed by atoms with Crippen LogP contribution in [0.25, 0.3) is 6.08 Å². The zero-order valence-electron chi connectivity index (χ0n) is 21.1. The van der Waals surface area contributed by atoms with E-state index >= 15 is 0 Å². The average Bonchev–Trinajstić information content (AvgIpc) is 3.20. The number of anilines is 1. The molecule has 0 unspecified atom stereocenters. The third kappa shape index (κ3) is 6.35. The third-order valence-electron chi connectivity index (χ3n) is 6.01. The highest BCUT2D eigenvalue weighted by molar-refractivity contribution is 9.11. The van der Waals surface area contributed by atoms with Gasteiger partial charge in [-0.1, -0.05) is 69.5 Å². The molecule has 0 bridgehead atoms. The Labute approximate surface area is 247 Å². The van der Waals surface area contributed by atoms with Crippen LogP contribution in [0.3, 0.4) is 0 Å². The molecule has 8 heteroatoms. The molecule has 1 amide bonds. The molecule has 1 aliphatic heterocycles. The van der Waals surface area contributed by atoms with E-state index in [-0.39, 0.29) is 18.3 Å². The maximum Gasteiger partial charge on any atom is 0.271 e. The molecule has 1 fully saturated rings. The number of halogens is 3. The predicted molar refractivity (Wildman–Crippen MR) is 165 cm³/mol. The number of amidine groups is 1. The van der Waals surface area contributed by atoms with Crippen LogP contribution >= 0.6 is 43.6 Å². The van der Waals surface area contributed by atoms with Crippen LogP contribution in [0.15, 0.2) is 104 Å². The summed E-state index contributed by atoms with van der Waals surface area (Å²) in [5, 5.41) is 0.557. The van der Waals surface area contributed by atoms with Crippen molar-refractivity contribution in [2.45, 2.75) is 20.5 Å². The van der Waals surface area contributed by atoms with Gasteiger partial charge in [-0.25, -0.2) is 9.38 Å². The van der Waals surface area contributed by atoms with E-state index in [0.29, 0.717) is 31.4 Å². The summed E-state index contributed by atoms with van der Waals surface area (Å²) in [6.07, 6.45) is 1.79. The molecule has 196 valence electrons. The van der Waals surface area contributed by atoms with Crippen molar-refractivity contribution in [2.75, 3.05) is 4.90 Å². The Morgan fingerprint density at radius 2 is 1.62 bits per heavy atom. The van der Waals surface area contributed by atoms with E-state index in [4.69, 9.17) is 9.73 Å². The molecule has 0 aliphatic carbocycles. The number of thioether (sulfide) groups is 1. The van der Waals surface area contributed by atoms with Gasteiger partial charge >= 0.3 is 0 Å². The fraction of sp³-hybridized carbons (Fsp3) is 0.0968. The van der Waals surface area contributed by atoms with Gasteiger partial charge in [-0.05, 0) is 90.1 Å². The van der Waals surface area contributed by atoms with Crippen molar-refractivity contribution in [1.29, 1.82) is 0 Å². The molecule has 4 aromatic carbocycles. The quantitative estimate of drug-likeness (QED) is 0.193. The second-order valence-electron chi connectivity index (χ2n) is 9.00. The van der Waals surface area contributed by atoms with Crippen molar-refractivity contribution in [3.05, 3.63) is 127 Å². The first-order chi connectivity index (χ1) is 18.8. The van der Waals surface area contributed by atoms with Gasteiger partial charge in [0.15, 0.2) is 5.17 Å². The number of ether oxygens (including phenoxy) is 1. The van der Waals surface area contributed by atoms with Gasteiger partial charge in [0.1, 0.15) is 18.2 Å². The lowest BCUT2D eigenvalue weighted by Gasteiger charge is -2.16. The molecule has 1 aliphatic rings. The minimum atomic E-state index is -0.335. The highest BCUT2D eigenvalue weighted by Gasteiger charge is 2.35. The molecule has 39 heavy (non-hydrogen) atoms. The van der Waals surface area contributed by atoms with E-state index < -0.39 is 0 Å². The SMILES string of the molecule is Cc1ccc(N=C2S/C(=C\c3cc(Br)cc(Br)c3OCc3ccccc3F)C(=O)N2c2ccc(C)cc2)cc1. The molecule has 0 spiro atoms. The number of hydrogen-bond donors (Lipinski definition) is 0. The Hall–Kier alpha value is -3.20. The Kier molecular flexibility index (Phi) is 8.35. The Morgan fingerprint density at radius 1 is 0.949 bits per heavy atom. The van der Waals surface area contributed by atoms with Crippen LogP contribution in [0.2, 0.25) is 0 Å². The van der Waals surface area contributed by atoms with Crippen LogP contribution < -0.4 is 9.64 Å². The Balaban J connectivity index is 1.54. The van der Waals surface area contributed by atoms with Crippen LogP contribution in [-0.4, -0.2) is 11.1 Å². The van der Waals surface area contributed by atoms with Crippen molar-refractivity contribution >= 4 is 72.1 Å². The first-order valence-corrected chi connectivity index (χ1v) is 14.5. The molecule has 0 atom stereocenters. The molecule has 5 rings (SSSR count). The van der Waals surface area contributed by atoms with Gasteiger partial charge in [0.2, 0.25) is 0 Å². The number of rotatable bonds is 6. The highest BCUT2D eigenvalue weighted by Crippen LogP contribution is 2.41. The molecule has 4 nitrogen and oxygen atoms in total. The van der Waals surface area contributed by atoms with Gasteiger partial charge in [-0.2, -0.15) is 0 Å². The second kappa shape index (κ2) is 11.9. The van der Waals surface area contributed by atoms with Gasteiger partial charge in [0.05, 0.1) is 20.8 Å². The van der Waals surface area contributed by atoms with Crippen LogP contribution in [0.1, 0.15) is 22.3 Å². The number of aliphatic imine (C=N–C) groups is 1. The molecule has 0 aromatic heterocycles. The number of carbonyl (C=O) groups is 1. The number of amides is 1. The standard InChI is InChI=1S/C31H23Br2FN2O2S/c1-19-7-11-24(12-8-19)35-31-36(25-13-9-20(2)10-14-25)30(37)28(39-31)16-22-15-23(32)17-26(33)29(22)38-18-21-5-3-4-6-27(21)34/h3-17H,18H2,1-2H3/b28-16-,35-31?. The number of carbonyl (C=O) groups excluding carboxylic acids is 1. The van der Waals surface area contributed by atoms with E-state index in [2.05, 4.69) is 31.9 Å². The lowest BCUT2D eigenvalue weighted by Crippen LogP contribution is -2.28. The highest BCUT2D eigenvalue weighted by atomic mass is 79.9. The van der Waals surface area contributed by atoms with Crippen molar-refractivity contribution in [2.24, 2.45) is 4.99 Å². The van der Waals surface area contributed by atoms with Crippen LogP contribution in [0, 0.1) is 19.7 Å². The van der Waals surface area contributed by atoms with Gasteiger partial charge in [0, 0.05) is 15.6 Å². The number of hydrogen-bond acceptors (Lipinski definition) is 4. The fourth-order valence-corrected chi connectivity index (χ4v) is 6.31. The average molecular weight is 666 g/mol. The summed E-state index contributed by atoms with van der Waals surface area (Å²) in [6.45, 7) is 4.07. The summed E-state index contributed by atoms with van der Waals surface area (Å²) < 4.78 is 21.8. The Morgan fingerprint density at radius 3 is 2.31 bits per heavy atom. The zero-order valence-corrected chi connectivity index (χ0v) is 25.1. The van der Waals surface area contributed by atoms with Crippen LogP contribution in [0.5, 0.6) is 5.75 Å². The number of nitrogens with zero attached hydrogens (tertiary/aromatic N) is 2. The lowest BCUT2D eigenvalue weighted by molar-refractivity contribution is -0.113. The molecule has 1 heterocycles. The molecular weight excluding hydrogens is 643 g/mol. The smallest absolute Gasteiger partial charge is 0.271 e. The summed E-state index contributed by atoms with van der Waals surface area (Å²) in [6, 6.07) is 25.8. The van der Waals surface area contributed by atoms with E-state index in [9.17, 15) is 9.18 Å². The van der Waals surface area contributed by atoms with Crippen molar-refractivity contribution in [3.8, 4) is 5.75 Å². The van der Waals surface area contributed by atoms with Gasteiger partial charge in [-0.15, -0.1) is 0 Å². The first kappa shape index (κ1) is 27.4. The largest absolute Gasteiger partial charge is 0.487 e. The third-order valence-corrected chi connectivity index (χ3v) is 8.03. The van der Waals surface area contributed by atoms with E-state index in [1.54, 1.807) is 29.2 Å². The second-order valence-corrected chi connectivity index (χ2v) is 11.8. The summed E-state index contributed by atoms with van der Waals surface area (Å²) in [4.78, 5) is 20.7. The van der Waals surface area contributed by atoms with E-state index in [1.165, 1.54) is 17.8 Å². The lowest BCUT2D eigenvalue weighted by atomic mass is 10.1. The zero-order chi connectivity index (χ0) is 27.5. The minimum absolute atomic E-state index is 0.0415. The van der Waals surface area contributed by atoms with Gasteiger partial charge in [-0.3, -0.25) is 9.69 Å². The predicted octanol–water partition coefficient (Wildman–Crippen LogP) is 9.36. The molecule has 0 radical (unpaired) electrons. The molecular formula is C31H23Br2FN2O2S. The van der Waals surface area contributed by atoms with Gasteiger partial charge < -0.3 is 4.74 Å². The maximum atomic E-state index is 14.2. The summed E-state index contributed by atoms with van der Waals surface area (Å²) in [5.41, 5.74) is 4.83. The van der Waals surface area contributed by atoms with Crippen molar-refractivity contribution in [1.82, 2.24) is 0 Å². The van der Waals surface area contributed by atoms with E-state index in [0.717, 1.165) is 27.0 Å². The monoisotopic (exact) mass is 664 g/mol. The number of aryl methyl sites for hydroxylation is 2. The summed E-state index contributed by atoms with van der Waals surface area (Å²) in [5.74, 6) is -0.0168. The molecule has 0 N–H and O–H groups in total. The van der Waals surface area contributed by atoms with Crippen LogP contribution in [-0.2, 0) is 11.4 Å². The summed E-state index contributed by atoms with van der Waals surface area (Å²) >= 11 is 8.40. The maximum absolute atomic E-state index is 14.2.